The highest BCUT2D eigenvalue weighted by Gasteiger charge is 2.31. The number of aliphatic hydroxyl groups is 1. The normalized spacial score (nSPS) is 25.1. The van der Waals surface area contributed by atoms with Gasteiger partial charge in [-0.25, -0.2) is 4.98 Å². The van der Waals surface area contributed by atoms with Gasteiger partial charge in [-0.2, -0.15) is 0 Å². The zero-order valence-corrected chi connectivity index (χ0v) is 9.85. The molecular formula is C12H19N3O. The molecule has 1 aromatic rings. The number of nitrogens with two attached hydrogens (primary N) is 1. The van der Waals surface area contributed by atoms with Gasteiger partial charge in [0.2, 0.25) is 0 Å². The van der Waals surface area contributed by atoms with Gasteiger partial charge in [-0.3, -0.25) is 0 Å². The van der Waals surface area contributed by atoms with Crippen LogP contribution in [0.3, 0.4) is 0 Å². The third-order valence-electron chi connectivity index (χ3n) is 3.50. The highest BCUT2D eigenvalue weighted by molar-refractivity contribution is 5.53. The quantitative estimate of drug-likeness (QED) is 0.787. The number of nitrogens with zero attached hydrogens (tertiary/aromatic N) is 2. The molecule has 3 N–H and O–H groups in total. The minimum atomic E-state index is 0.187. The number of aliphatic hydroxyl groups excluding tert-OH is 1. The van der Waals surface area contributed by atoms with Crippen molar-refractivity contribution in [2.45, 2.75) is 26.3 Å². The predicted molar refractivity (Wildman–Crippen MR) is 65.4 cm³/mol. The van der Waals surface area contributed by atoms with Crippen molar-refractivity contribution < 1.29 is 5.11 Å². The van der Waals surface area contributed by atoms with Crippen LogP contribution in [0.4, 0.5) is 11.5 Å². The summed E-state index contributed by atoms with van der Waals surface area (Å²) in [6, 6.07) is 2.19. The molecule has 0 bridgehead atoms. The molecule has 4 nitrogen and oxygen atoms in total. The Labute approximate surface area is 96.1 Å². The molecular weight excluding hydrogens is 202 g/mol. The van der Waals surface area contributed by atoms with Gasteiger partial charge in [0.05, 0.1) is 24.5 Å². The molecule has 1 aliphatic heterocycles. The summed E-state index contributed by atoms with van der Waals surface area (Å²) >= 11 is 0. The van der Waals surface area contributed by atoms with Crippen molar-refractivity contribution in [1.29, 1.82) is 0 Å². The fourth-order valence-corrected chi connectivity index (χ4v) is 2.28. The van der Waals surface area contributed by atoms with Crippen molar-refractivity contribution in [2.24, 2.45) is 5.92 Å². The van der Waals surface area contributed by atoms with E-state index in [1.807, 2.05) is 13.0 Å². The molecule has 0 spiro atoms. The first kappa shape index (κ1) is 11.2. The summed E-state index contributed by atoms with van der Waals surface area (Å²) in [6.07, 6.45) is 2.80. The fourth-order valence-electron chi connectivity index (χ4n) is 2.28. The molecule has 0 aromatic carbocycles. The minimum absolute atomic E-state index is 0.187. The number of aromatic nitrogens is 1. The van der Waals surface area contributed by atoms with E-state index in [-0.39, 0.29) is 12.6 Å². The molecule has 0 saturated carbocycles. The Kier molecular flexibility index (Phi) is 3.01. The molecule has 0 aliphatic carbocycles. The molecule has 1 aromatic heterocycles. The summed E-state index contributed by atoms with van der Waals surface area (Å²) in [5, 5.41) is 9.40. The van der Waals surface area contributed by atoms with E-state index in [2.05, 4.69) is 16.8 Å². The predicted octanol–water partition coefficient (Wildman–Crippen LogP) is 1.18. The number of hydrogen-bond donors (Lipinski definition) is 2. The van der Waals surface area contributed by atoms with Crippen LogP contribution >= 0.6 is 0 Å². The molecule has 2 heterocycles. The van der Waals surface area contributed by atoms with Gasteiger partial charge in [-0.1, -0.05) is 6.92 Å². The number of aryl methyl sites for hydroxylation is 1. The van der Waals surface area contributed by atoms with Crippen LogP contribution in [0.1, 0.15) is 18.9 Å². The summed E-state index contributed by atoms with van der Waals surface area (Å²) in [5.41, 5.74) is 7.51. The zero-order valence-electron chi connectivity index (χ0n) is 9.85. The molecule has 1 fully saturated rings. The van der Waals surface area contributed by atoms with Gasteiger partial charge in [0.15, 0.2) is 0 Å². The lowest BCUT2D eigenvalue weighted by Crippen LogP contribution is -2.35. The van der Waals surface area contributed by atoms with Crippen LogP contribution < -0.4 is 10.6 Å². The Morgan fingerprint density at radius 1 is 1.62 bits per heavy atom. The summed E-state index contributed by atoms with van der Waals surface area (Å²) in [7, 11) is 0. The van der Waals surface area contributed by atoms with E-state index in [9.17, 15) is 5.11 Å². The van der Waals surface area contributed by atoms with Crippen LogP contribution in [0.5, 0.6) is 0 Å². The molecule has 16 heavy (non-hydrogen) atoms. The first-order chi connectivity index (χ1) is 7.63. The Bertz CT molecular complexity index is 381. The van der Waals surface area contributed by atoms with Gasteiger partial charge in [0, 0.05) is 6.54 Å². The smallest absolute Gasteiger partial charge is 0.129 e. The van der Waals surface area contributed by atoms with Crippen LogP contribution in [-0.2, 0) is 0 Å². The van der Waals surface area contributed by atoms with E-state index in [0.29, 0.717) is 5.92 Å². The molecule has 2 atom stereocenters. The standard InChI is InChI=1S/C12H19N3O/c1-8-3-4-15(11(8)7-16)12-5-9(2)10(13)6-14-12/h5-6,8,11,16H,3-4,7,13H2,1-2H3. The van der Waals surface area contributed by atoms with Gasteiger partial charge >= 0.3 is 0 Å². The molecule has 0 amide bonds. The van der Waals surface area contributed by atoms with Gasteiger partial charge in [0.1, 0.15) is 5.82 Å². The molecule has 1 saturated heterocycles. The number of nitrogen functional groups attached to an aromatic ring is 1. The lowest BCUT2D eigenvalue weighted by atomic mass is 10.0. The third kappa shape index (κ3) is 1.85. The maximum Gasteiger partial charge on any atom is 0.129 e. The van der Waals surface area contributed by atoms with Crippen LogP contribution in [0.25, 0.3) is 0 Å². The number of hydrogen-bond acceptors (Lipinski definition) is 4. The van der Waals surface area contributed by atoms with E-state index in [0.717, 1.165) is 30.0 Å². The SMILES string of the molecule is Cc1cc(N2CCC(C)C2CO)ncc1N. The van der Waals surface area contributed by atoms with E-state index < -0.39 is 0 Å². The molecule has 0 radical (unpaired) electrons. The van der Waals surface area contributed by atoms with Gasteiger partial charge in [0.25, 0.3) is 0 Å². The lowest BCUT2D eigenvalue weighted by molar-refractivity contribution is 0.244. The van der Waals surface area contributed by atoms with Crippen LogP contribution in [0, 0.1) is 12.8 Å². The van der Waals surface area contributed by atoms with Gasteiger partial charge < -0.3 is 15.7 Å². The van der Waals surface area contributed by atoms with Crippen LogP contribution in [0.2, 0.25) is 0 Å². The van der Waals surface area contributed by atoms with Crippen molar-refractivity contribution in [3.05, 3.63) is 17.8 Å². The highest BCUT2D eigenvalue weighted by atomic mass is 16.3. The monoisotopic (exact) mass is 221 g/mol. The zero-order chi connectivity index (χ0) is 11.7. The van der Waals surface area contributed by atoms with E-state index >= 15 is 0 Å². The summed E-state index contributed by atoms with van der Waals surface area (Å²) in [6.45, 7) is 5.30. The first-order valence-electron chi connectivity index (χ1n) is 5.73. The van der Waals surface area contributed by atoms with Crippen molar-refractivity contribution in [3.8, 4) is 0 Å². The van der Waals surface area contributed by atoms with E-state index in [4.69, 9.17) is 5.73 Å². The Morgan fingerprint density at radius 2 is 2.38 bits per heavy atom. The lowest BCUT2D eigenvalue weighted by Gasteiger charge is -2.26. The Hall–Kier alpha value is -1.29. The maximum atomic E-state index is 9.40. The summed E-state index contributed by atoms with van der Waals surface area (Å²) in [4.78, 5) is 6.52. The third-order valence-corrected chi connectivity index (χ3v) is 3.50. The van der Waals surface area contributed by atoms with Crippen molar-refractivity contribution in [3.63, 3.8) is 0 Å². The van der Waals surface area contributed by atoms with Crippen molar-refractivity contribution in [2.75, 3.05) is 23.8 Å². The Morgan fingerprint density at radius 3 is 3.00 bits per heavy atom. The minimum Gasteiger partial charge on any atom is -0.397 e. The van der Waals surface area contributed by atoms with Gasteiger partial charge in [-0.05, 0) is 30.9 Å². The molecule has 4 heteroatoms. The topological polar surface area (TPSA) is 62.4 Å². The summed E-state index contributed by atoms with van der Waals surface area (Å²) in [5.74, 6) is 1.44. The highest BCUT2D eigenvalue weighted by Crippen LogP contribution is 2.29. The van der Waals surface area contributed by atoms with E-state index in [1.165, 1.54) is 0 Å². The van der Waals surface area contributed by atoms with Crippen LogP contribution in [0.15, 0.2) is 12.3 Å². The number of pyridine rings is 1. The average molecular weight is 221 g/mol. The number of anilines is 2. The van der Waals surface area contributed by atoms with Gasteiger partial charge in [-0.15, -0.1) is 0 Å². The summed E-state index contributed by atoms with van der Waals surface area (Å²) < 4.78 is 0. The second-order valence-corrected chi connectivity index (χ2v) is 4.61. The maximum absolute atomic E-state index is 9.40. The molecule has 2 unspecified atom stereocenters. The molecule has 1 aliphatic rings. The van der Waals surface area contributed by atoms with Crippen molar-refractivity contribution >= 4 is 11.5 Å². The first-order valence-corrected chi connectivity index (χ1v) is 5.73. The van der Waals surface area contributed by atoms with E-state index in [1.54, 1.807) is 6.20 Å². The fraction of sp³-hybridized carbons (Fsp3) is 0.583. The second-order valence-electron chi connectivity index (χ2n) is 4.61. The van der Waals surface area contributed by atoms with Crippen molar-refractivity contribution in [1.82, 2.24) is 4.98 Å². The second kappa shape index (κ2) is 4.29. The van der Waals surface area contributed by atoms with Crippen LogP contribution in [-0.4, -0.2) is 29.3 Å². The Balaban J connectivity index is 2.27. The molecule has 2 rings (SSSR count). The molecule has 88 valence electrons. The largest absolute Gasteiger partial charge is 0.397 e. The number of rotatable bonds is 2. The average Bonchev–Trinajstić information content (AvgIpc) is 2.63.